The van der Waals surface area contributed by atoms with Crippen molar-refractivity contribution in [2.24, 2.45) is 5.41 Å². The summed E-state index contributed by atoms with van der Waals surface area (Å²) in [7, 11) is 0. The van der Waals surface area contributed by atoms with E-state index in [0.29, 0.717) is 19.5 Å². The molecule has 1 spiro atoms. The van der Waals surface area contributed by atoms with Crippen LogP contribution in [-0.4, -0.2) is 50.8 Å². The fourth-order valence-corrected chi connectivity index (χ4v) is 4.88. The molecule has 2 aromatic carbocycles. The van der Waals surface area contributed by atoms with Crippen molar-refractivity contribution >= 4 is 22.8 Å². The van der Waals surface area contributed by atoms with Gasteiger partial charge in [0.15, 0.2) is 0 Å². The summed E-state index contributed by atoms with van der Waals surface area (Å²) in [5.41, 5.74) is 3.08. The van der Waals surface area contributed by atoms with E-state index in [2.05, 4.69) is 17.1 Å². The van der Waals surface area contributed by atoms with Crippen molar-refractivity contribution in [2.45, 2.75) is 32.4 Å². The summed E-state index contributed by atoms with van der Waals surface area (Å²) in [5.74, 6) is 0.363. The molecule has 0 radical (unpaired) electrons. The van der Waals surface area contributed by atoms with Gasteiger partial charge in [-0.15, -0.1) is 0 Å². The predicted molar refractivity (Wildman–Crippen MR) is 114 cm³/mol. The average molecular weight is 402 g/mol. The van der Waals surface area contributed by atoms with Crippen molar-refractivity contribution in [1.82, 2.24) is 19.4 Å². The van der Waals surface area contributed by atoms with Gasteiger partial charge in [0.1, 0.15) is 6.54 Å². The van der Waals surface area contributed by atoms with E-state index in [1.165, 1.54) is 5.56 Å². The smallest absolute Gasteiger partial charge is 0.242 e. The first-order chi connectivity index (χ1) is 14.6. The van der Waals surface area contributed by atoms with E-state index < -0.39 is 0 Å². The molecular formula is C24H26N4O2. The lowest BCUT2D eigenvalue weighted by Crippen LogP contribution is -2.45. The Morgan fingerprint density at radius 1 is 1.00 bits per heavy atom. The maximum atomic E-state index is 12.9. The summed E-state index contributed by atoms with van der Waals surface area (Å²) < 4.78 is 1.92. The Morgan fingerprint density at radius 2 is 1.73 bits per heavy atom. The maximum absolute atomic E-state index is 12.9. The summed E-state index contributed by atoms with van der Waals surface area (Å²) in [6.07, 6.45) is 4.13. The minimum absolute atomic E-state index is 0.0182. The molecule has 3 aromatic rings. The zero-order chi connectivity index (χ0) is 20.6. The van der Waals surface area contributed by atoms with Gasteiger partial charge in [-0.05, 0) is 30.5 Å². The van der Waals surface area contributed by atoms with Gasteiger partial charge in [-0.25, -0.2) is 4.98 Å². The molecule has 2 amide bonds. The van der Waals surface area contributed by atoms with Crippen LogP contribution >= 0.6 is 0 Å². The molecule has 0 bridgehead atoms. The van der Waals surface area contributed by atoms with E-state index in [4.69, 9.17) is 0 Å². The van der Waals surface area contributed by atoms with E-state index in [0.717, 1.165) is 43.5 Å². The van der Waals surface area contributed by atoms with Gasteiger partial charge in [-0.2, -0.15) is 0 Å². The number of likely N-dealkylation sites (tertiary alicyclic amines) is 2. The summed E-state index contributed by atoms with van der Waals surface area (Å²) in [4.78, 5) is 33.8. The lowest BCUT2D eigenvalue weighted by molar-refractivity contribution is -0.134. The lowest BCUT2D eigenvalue weighted by Gasteiger charge is -2.39. The van der Waals surface area contributed by atoms with Gasteiger partial charge in [0, 0.05) is 38.0 Å². The quantitative estimate of drug-likeness (QED) is 0.674. The van der Waals surface area contributed by atoms with E-state index >= 15 is 0 Å². The summed E-state index contributed by atoms with van der Waals surface area (Å²) in [5, 5.41) is 0. The first-order valence-electron chi connectivity index (χ1n) is 10.6. The largest absolute Gasteiger partial charge is 0.341 e. The van der Waals surface area contributed by atoms with Crippen LogP contribution in [-0.2, 0) is 22.7 Å². The van der Waals surface area contributed by atoms with Crippen LogP contribution in [0.4, 0.5) is 0 Å². The Hall–Kier alpha value is -3.15. The van der Waals surface area contributed by atoms with Gasteiger partial charge >= 0.3 is 0 Å². The van der Waals surface area contributed by atoms with Gasteiger partial charge in [0.05, 0.1) is 17.4 Å². The first kappa shape index (κ1) is 18.9. The van der Waals surface area contributed by atoms with Crippen LogP contribution in [0.3, 0.4) is 0 Å². The van der Waals surface area contributed by atoms with Crippen LogP contribution in [0.25, 0.3) is 11.0 Å². The highest BCUT2D eigenvalue weighted by Crippen LogP contribution is 2.41. The topological polar surface area (TPSA) is 58.4 Å². The molecule has 0 saturated carbocycles. The van der Waals surface area contributed by atoms with E-state index in [-0.39, 0.29) is 17.2 Å². The molecule has 2 aliphatic rings. The van der Waals surface area contributed by atoms with E-state index in [1.54, 1.807) is 6.33 Å². The Kier molecular flexibility index (Phi) is 4.77. The van der Waals surface area contributed by atoms with Crippen molar-refractivity contribution in [3.8, 4) is 0 Å². The van der Waals surface area contributed by atoms with Crippen LogP contribution in [0.1, 0.15) is 24.8 Å². The number of fused-ring (bicyclic) bond motifs is 1. The van der Waals surface area contributed by atoms with Gasteiger partial charge in [0.25, 0.3) is 0 Å². The highest BCUT2D eigenvalue weighted by Gasteiger charge is 2.45. The molecule has 1 aromatic heterocycles. The average Bonchev–Trinajstić information content (AvgIpc) is 3.30. The standard InChI is InChI=1S/C24H26N4O2/c29-22-14-24(17-27(22)15-19-6-2-1-3-7-19)10-12-26(13-11-24)23(30)16-28-18-25-20-8-4-5-9-21(20)28/h1-9,18H,10-17H2. The molecule has 5 rings (SSSR count). The van der Waals surface area contributed by atoms with Crippen molar-refractivity contribution in [2.75, 3.05) is 19.6 Å². The molecule has 0 N–H and O–H groups in total. The van der Waals surface area contributed by atoms with Gasteiger partial charge in [-0.1, -0.05) is 42.5 Å². The molecule has 6 nitrogen and oxygen atoms in total. The fourth-order valence-electron chi connectivity index (χ4n) is 4.88. The third kappa shape index (κ3) is 3.58. The SMILES string of the molecule is O=C(Cn1cnc2ccccc21)N1CCC2(CC1)CC(=O)N(Cc1ccccc1)C2. The minimum Gasteiger partial charge on any atom is -0.341 e. The number of carbonyl (C=O) groups excluding carboxylic acids is 2. The Labute approximate surface area is 176 Å². The van der Waals surface area contributed by atoms with Crippen LogP contribution in [0.5, 0.6) is 0 Å². The zero-order valence-corrected chi connectivity index (χ0v) is 17.0. The molecule has 30 heavy (non-hydrogen) atoms. The normalized spacial score (nSPS) is 18.5. The maximum Gasteiger partial charge on any atom is 0.242 e. The summed E-state index contributed by atoms with van der Waals surface area (Å²) >= 11 is 0. The van der Waals surface area contributed by atoms with E-state index in [1.807, 2.05) is 56.8 Å². The molecule has 0 aliphatic carbocycles. The van der Waals surface area contributed by atoms with E-state index in [9.17, 15) is 9.59 Å². The second-order valence-corrected chi connectivity index (χ2v) is 8.65. The van der Waals surface area contributed by atoms with Crippen molar-refractivity contribution in [3.63, 3.8) is 0 Å². The Balaban J connectivity index is 1.20. The molecule has 0 atom stereocenters. The minimum atomic E-state index is 0.0182. The molecule has 2 saturated heterocycles. The number of benzene rings is 2. The van der Waals surface area contributed by atoms with Crippen LogP contribution < -0.4 is 0 Å². The fraction of sp³-hybridized carbons (Fsp3) is 0.375. The Bertz CT molecular complexity index is 1070. The highest BCUT2D eigenvalue weighted by molar-refractivity contribution is 5.81. The number of imidazole rings is 1. The van der Waals surface area contributed by atoms with Crippen molar-refractivity contribution in [3.05, 3.63) is 66.5 Å². The van der Waals surface area contributed by atoms with Crippen LogP contribution in [0.2, 0.25) is 0 Å². The summed E-state index contributed by atoms with van der Waals surface area (Å²) in [6, 6.07) is 18.0. The van der Waals surface area contributed by atoms with Crippen LogP contribution in [0.15, 0.2) is 60.9 Å². The number of carbonyl (C=O) groups is 2. The molecular weight excluding hydrogens is 376 g/mol. The van der Waals surface area contributed by atoms with Crippen LogP contribution in [0, 0.1) is 5.41 Å². The number of amides is 2. The number of nitrogens with zero attached hydrogens (tertiary/aromatic N) is 4. The highest BCUT2D eigenvalue weighted by atomic mass is 16.2. The number of para-hydroxylation sites is 2. The zero-order valence-electron chi connectivity index (χ0n) is 17.0. The first-order valence-corrected chi connectivity index (χ1v) is 10.6. The molecule has 2 aliphatic heterocycles. The van der Waals surface area contributed by atoms with Crippen molar-refractivity contribution in [1.29, 1.82) is 0 Å². The number of aromatic nitrogens is 2. The summed E-state index contributed by atoms with van der Waals surface area (Å²) in [6.45, 7) is 3.23. The molecule has 3 heterocycles. The second-order valence-electron chi connectivity index (χ2n) is 8.65. The third-order valence-corrected chi connectivity index (χ3v) is 6.63. The predicted octanol–water partition coefficient (Wildman–Crippen LogP) is 3.08. The second kappa shape index (κ2) is 7.59. The van der Waals surface area contributed by atoms with Gasteiger partial charge in [0.2, 0.25) is 11.8 Å². The monoisotopic (exact) mass is 402 g/mol. The number of hydrogen-bond donors (Lipinski definition) is 0. The van der Waals surface area contributed by atoms with Crippen molar-refractivity contribution < 1.29 is 9.59 Å². The van der Waals surface area contributed by atoms with Gasteiger partial charge in [-0.3, -0.25) is 9.59 Å². The molecule has 2 fully saturated rings. The Morgan fingerprint density at radius 3 is 2.53 bits per heavy atom. The molecule has 0 unspecified atom stereocenters. The third-order valence-electron chi connectivity index (χ3n) is 6.63. The number of rotatable bonds is 4. The lowest BCUT2D eigenvalue weighted by atomic mass is 9.77. The molecule has 6 heteroatoms. The number of hydrogen-bond acceptors (Lipinski definition) is 3. The number of piperidine rings is 1. The molecule has 154 valence electrons. The van der Waals surface area contributed by atoms with Gasteiger partial charge < -0.3 is 14.4 Å².